The van der Waals surface area contributed by atoms with Crippen LogP contribution in [0.5, 0.6) is 5.75 Å². The molecule has 0 aliphatic rings. The highest BCUT2D eigenvalue weighted by Crippen LogP contribution is 2.41. The molecule has 0 saturated carbocycles. The number of aryl methyl sites for hydroxylation is 1. The van der Waals surface area contributed by atoms with Gasteiger partial charge in [0.15, 0.2) is 0 Å². The fraction of sp³-hybridized carbons (Fsp3) is 0.200. The first-order chi connectivity index (χ1) is 9.43. The molecule has 0 amide bonds. The summed E-state index contributed by atoms with van der Waals surface area (Å²) in [4.78, 5) is -0.178. The smallest absolute Gasteiger partial charge is 0.124 e. The van der Waals surface area contributed by atoms with Crippen LogP contribution >= 0.6 is 43.5 Å². The molecule has 0 saturated heterocycles. The Morgan fingerprint density at radius 2 is 1.90 bits per heavy atom. The largest absolute Gasteiger partial charge is 0.496 e. The zero-order valence-corrected chi connectivity index (χ0v) is 14.8. The maximum atomic E-state index is 13.1. The second kappa shape index (κ2) is 6.46. The van der Waals surface area contributed by atoms with Gasteiger partial charge in [-0.1, -0.05) is 49.5 Å². The van der Waals surface area contributed by atoms with Crippen molar-refractivity contribution in [2.45, 2.75) is 11.8 Å². The maximum Gasteiger partial charge on any atom is 0.124 e. The Hall–Kier alpha value is -0.580. The van der Waals surface area contributed by atoms with Gasteiger partial charge in [-0.05, 0) is 42.3 Å². The Morgan fingerprint density at radius 1 is 1.20 bits per heavy atom. The number of halogens is 4. The average molecular weight is 423 g/mol. The van der Waals surface area contributed by atoms with Crippen LogP contribution in [0.15, 0.2) is 34.8 Å². The SMILES string of the molecule is COc1cc(C)c(Br)cc1C(Br)c1ccc(F)cc1Cl. The van der Waals surface area contributed by atoms with Crippen molar-refractivity contribution in [2.24, 2.45) is 0 Å². The van der Waals surface area contributed by atoms with Gasteiger partial charge in [-0.15, -0.1) is 0 Å². The zero-order valence-electron chi connectivity index (χ0n) is 10.9. The molecule has 0 aromatic heterocycles. The van der Waals surface area contributed by atoms with Gasteiger partial charge in [-0.2, -0.15) is 0 Å². The van der Waals surface area contributed by atoms with Crippen LogP contribution in [0, 0.1) is 12.7 Å². The van der Waals surface area contributed by atoms with Crippen LogP contribution in [0.4, 0.5) is 4.39 Å². The van der Waals surface area contributed by atoms with E-state index in [4.69, 9.17) is 16.3 Å². The maximum absolute atomic E-state index is 13.1. The van der Waals surface area contributed by atoms with E-state index in [1.54, 1.807) is 13.2 Å². The van der Waals surface area contributed by atoms with Crippen molar-refractivity contribution in [3.05, 3.63) is 62.3 Å². The lowest BCUT2D eigenvalue weighted by molar-refractivity contribution is 0.410. The van der Waals surface area contributed by atoms with Gasteiger partial charge in [0.05, 0.1) is 11.9 Å². The molecule has 0 spiro atoms. The van der Waals surface area contributed by atoms with Crippen molar-refractivity contribution in [2.75, 3.05) is 7.11 Å². The van der Waals surface area contributed by atoms with E-state index >= 15 is 0 Å². The minimum Gasteiger partial charge on any atom is -0.496 e. The van der Waals surface area contributed by atoms with Crippen molar-refractivity contribution in [3.63, 3.8) is 0 Å². The lowest BCUT2D eigenvalue weighted by Gasteiger charge is -2.17. The predicted octanol–water partition coefficient (Wildman–Crippen LogP) is 6.04. The molecular formula is C15H12Br2ClFO. The minimum absolute atomic E-state index is 0.178. The number of hydrogen-bond acceptors (Lipinski definition) is 1. The van der Waals surface area contributed by atoms with Crippen molar-refractivity contribution in [1.29, 1.82) is 0 Å². The molecule has 1 atom stereocenters. The summed E-state index contributed by atoms with van der Waals surface area (Å²) in [7, 11) is 1.62. The Labute approximate surface area is 139 Å². The molecule has 0 fully saturated rings. The van der Waals surface area contributed by atoms with Crippen molar-refractivity contribution >= 4 is 43.5 Å². The third kappa shape index (κ3) is 3.18. The second-order valence-corrected chi connectivity index (χ2v) is 6.55. The standard InChI is InChI=1S/C15H12Br2ClFO/c1-8-5-14(20-2)11(7-12(8)16)15(17)10-4-3-9(19)6-13(10)18/h3-7,15H,1-2H3. The van der Waals surface area contributed by atoms with Crippen molar-refractivity contribution in [3.8, 4) is 5.75 Å². The number of hydrogen-bond donors (Lipinski definition) is 0. The first-order valence-corrected chi connectivity index (χ1v) is 7.95. The van der Waals surface area contributed by atoms with Gasteiger partial charge >= 0.3 is 0 Å². The molecule has 2 aromatic rings. The quantitative estimate of drug-likeness (QED) is 0.548. The molecule has 0 radical (unpaired) electrons. The predicted molar refractivity (Wildman–Crippen MR) is 87.6 cm³/mol. The van der Waals surface area contributed by atoms with E-state index in [1.165, 1.54) is 12.1 Å². The highest BCUT2D eigenvalue weighted by atomic mass is 79.9. The fourth-order valence-electron chi connectivity index (χ4n) is 1.92. The Bertz CT molecular complexity index is 646. The summed E-state index contributed by atoms with van der Waals surface area (Å²) in [5.41, 5.74) is 2.80. The van der Waals surface area contributed by atoms with Gasteiger partial charge in [0.25, 0.3) is 0 Å². The van der Waals surface area contributed by atoms with E-state index in [-0.39, 0.29) is 10.6 Å². The lowest BCUT2D eigenvalue weighted by Crippen LogP contribution is -1.99. The highest BCUT2D eigenvalue weighted by molar-refractivity contribution is 9.10. The topological polar surface area (TPSA) is 9.23 Å². The molecule has 2 rings (SSSR count). The van der Waals surface area contributed by atoms with E-state index in [9.17, 15) is 4.39 Å². The Balaban J connectivity index is 2.52. The normalized spacial score (nSPS) is 12.3. The summed E-state index contributed by atoms with van der Waals surface area (Å²) < 4.78 is 19.5. The van der Waals surface area contributed by atoms with Gasteiger partial charge in [0.2, 0.25) is 0 Å². The summed E-state index contributed by atoms with van der Waals surface area (Å²) in [5.74, 6) is 0.406. The van der Waals surface area contributed by atoms with Gasteiger partial charge in [0.1, 0.15) is 11.6 Å². The van der Waals surface area contributed by atoms with E-state index in [0.717, 1.165) is 26.9 Å². The number of alkyl halides is 1. The number of benzene rings is 2. The number of ether oxygens (including phenoxy) is 1. The summed E-state index contributed by atoms with van der Waals surface area (Å²) in [5, 5.41) is 0.380. The second-order valence-electron chi connectivity index (χ2n) is 4.37. The highest BCUT2D eigenvalue weighted by Gasteiger charge is 2.19. The fourth-order valence-corrected chi connectivity index (χ4v) is 3.45. The van der Waals surface area contributed by atoms with Gasteiger partial charge in [-0.25, -0.2) is 4.39 Å². The lowest BCUT2D eigenvalue weighted by atomic mass is 10.0. The van der Waals surface area contributed by atoms with E-state index in [2.05, 4.69) is 31.9 Å². The minimum atomic E-state index is -0.351. The third-order valence-corrected chi connectivity index (χ3v) is 5.19. The monoisotopic (exact) mass is 420 g/mol. The molecular weight excluding hydrogens is 410 g/mol. The molecule has 0 aliphatic carbocycles. The average Bonchev–Trinajstić information content (AvgIpc) is 2.40. The van der Waals surface area contributed by atoms with Crippen LogP contribution in [0.2, 0.25) is 5.02 Å². The van der Waals surface area contributed by atoms with E-state index < -0.39 is 0 Å². The Morgan fingerprint density at radius 3 is 2.50 bits per heavy atom. The van der Waals surface area contributed by atoms with Crippen molar-refractivity contribution in [1.82, 2.24) is 0 Å². The van der Waals surface area contributed by atoms with E-state index in [1.807, 2.05) is 19.1 Å². The number of rotatable bonds is 3. The number of methoxy groups -OCH3 is 1. The van der Waals surface area contributed by atoms with Crippen LogP contribution in [0.1, 0.15) is 21.5 Å². The molecule has 0 heterocycles. The molecule has 1 nitrogen and oxygen atoms in total. The van der Waals surface area contributed by atoms with Crippen molar-refractivity contribution < 1.29 is 9.13 Å². The Kier molecular flexibility index (Phi) is 5.10. The van der Waals surface area contributed by atoms with Crippen LogP contribution in [-0.2, 0) is 0 Å². The van der Waals surface area contributed by atoms with Crippen LogP contribution in [-0.4, -0.2) is 7.11 Å². The van der Waals surface area contributed by atoms with E-state index in [0.29, 0.717) is 5.02 Å². The van der Waals surface area contributed by atoms with Crippen LogP contribution < -0.4 is 4.74 Å². The van der Waals surface area contributed by atoms with Gasteiger partial charge in [-0.3, -0.25) is 0 Å². The first kappa shape index (κ1) is 15.8. The molecule has 0 bridgehead atoms. The molecule has 0 N–H and O–H groups in total. The molecule has 106 valence electrons. The summed E-state index contributed by atoms with van der Waals surface area (Å²) in [6.07, 6.45) is 0. The molecule has 20 heavy (non-hydrogen) atoms. The third-order valence-electron chi connectivity index (χ3n) is 3.02. The van der Waals surface area contributed by atoms with Gasteiger partial charge in [0, 0.05) is 15.1 Å². The van der Waals surface area contributed by atoms with Crippen LogP contribution in [0.3, 0.4) is 0 Å². The summed E-state index contributed by atoms with van der Waals surface area (Å²) in [6.45, 7) is 1.99. The van der Waals surface area contributed by atoms with Crippen LogP contribution in [0.25, 0.3) is 0 Å². The van der Waals surface area contributed by atoms with Gasteiger partial charge < -0.3 is 4.74 Å². The summed E-state index contributed by atoms with van der Waals surface area (Å²) >= 11 is 13.2. The molecule has 1 unspecified atom stereocenters. The first-order valence-electron chi connectivity index (χ1n) is 5.87. The zero-order chi connectivity index (χ0) is 14.9. The molecule has 5 heteroatoms. The molecule has 2 aromatic carbocycles. The molecule has 0 aliphatic heterocycles. The summed E-state index contributed by atoms with van der Waals surface area (Å²) in [6, 6.07) is 8.30.